The molecule has 56 valence electrons. The van der Waals surface area contributed by atoms with Gasteiger partial charge in [0.15, 0.2) is 5.78 Å². The fourth-order valence-electron chi connectivity index (χ4n) is 0.453. The first-order valence-corrected chi connectivity index (χ1v) is 2.93. The summed E-state index contributed by atoms with van der Waals surface area (Å²) in [6, 6.07) is 0. The first-order valence-electron chi connectivity index (χ1n) is 2.93. The predicted molar refractivity (Wildman–Crippen MR) is 41.6 cm³/mol. The van der Waals surface area contributed by atoms with Crippen LogP contribution in [0.2, 0.25) is 0 Å². The molecule has 0 aliphatic carbocycles. The maximum atomic E-state index is 10.3. The van der Waals surface area contributed by atoms with Gasteiger partial charge in [0.2, 0.25) is 0 Å². The molecule has 0 spiro atoms. The predicted octanol–water partition coefficient (Wildman–Crippen LogP) is -0.446. The van der Waals surface area contributed by atoms with Gasteiger partial charge < -0.3 is 5.11 Å². The van der Waals surface area contributed by atoms with Gasteiger partial charge in [-0.1, -0.05) is 13.3 Å². The molecule has 0 saturated carbocycles. The van der Waals surface area contributed by atoms with Crippen molar-refractivity contribution < 1.29 is 9.90 Å². The van der Waals surface area contributed by atoms with Crippen LogP contribution < -0.4 is 0 Å². The monoisotopic (exact) mass is 240 g/mol. The van der Waals surface area contributed by atoms with E-state index in [1.807, 2.05) is 6.92 Å². The molecule has 0 saturated heterocycles. The van der Waals surface area contributed by atoms with Crippen LogP contribution in [0, 0.1) is 0 Å². The number of aliphatic hydroxyl groups is 1. The molecule has 0 aliphatic heterocycles. The first kappa shape index (κ1) is 12.2. The summed E-state index contributed by atoms with van der Waals surface area (Å²) in [5.41, 5.74) is 0. The van der Waals surface area contributed by atoms with E-state index in [-0.39, 0.29) is 36.8 Å². The normalized spacial score (nSPS) is 8.22. The van der Waals surface area contributed by atoms with Crippen LogP contribution in [0.3, 0.4) is 0 Å². The summed E-state index contributed by atoms with van der Waals surface area (Å²) in [5.74, 6) is -0.0492. The summed E-state index contributed by atoms with van der Waals surface area (Å²) in [6.45, 7) is 1.73. The number of carbonyl (C=O) groups is 1. The molecule has 0 bridgehead atoms. The molecule has 9 heavy (non-hydrogen) atoms. The van der Waals surface area contributed by atoms with Crippen LogP contribution in [-0.2, 0) is 4.79 Å². The molecule has 0 heterocycles. The third-order valence-electron chi connectivity index (χ3n) is 0.986. The van der Waals surface area contributed by atoms with Crippen LogP contribution in [0.4, 0.5) is 0 Å². The number of ketones is 1. The molecule has 2 nitrogen and oxygen atoms in total. The Labute approximate surface area is 73.1 Å². The second-order valence-corrected chi connectivity index (χ2v) is 1.80. The minimum atomic E-state index is -0.292. The van der Waals surface area contributed by atoms with E-state index >= 15 is 0 Å². The molecule has 0 aromatic rings. The minimum absolute atomic E-state index is 0. The topological polar surface area (TPSA) is 37.3 Å². The summed E-state index contributed by atoms with van der Waals surface area (Å²) < 4.78 is 0. The zero-order valence-corrected chi connectivity index (χ0v) is 9.93. The number of unbranched alkanes of at least 4 members (excludes halogenated alkanes) is 1. The van der Waals surface area contributed by atoms with Crippen molar-refractivity contribution in [1.29, 1.82) is 0 Å². The van der Waals surface area contributed by atoms with Crippen molar-refractivity contribution in [3.05, 3.63) is 0 Å². The molecule has 0 aromatic carbocycles. The van der Waals surface area contributed by atoms with Crippen LogP contribution in [-0.4, -0.2) is 41.9 Å². The number of carbonyl (C=O) groups excluding carboxylic acids is 1. The molecule has 0 fully saturated rings. The second-order valence-electron chi connectivity index (χ2n) is 1.80. The molecule has 0 radical (unpaired) electrons. The fraction of sp³-hybridized carbons (Fsp3) is 0.833. The molecule has 0 aromatic heterocycles. The van der Waals surface area contributed by atoms with Crippen LogP contribution >= 0.6 is 0 Å². The zero-order chi connectivity index (χ0) is 6.41. The quantitative estimate of drug-likeness (QED) is 0.677. The van der Waals surface area contributed by atoms with Gasteiger partial charge in [-0.2, -0.15) is 0 Å². The van der Waals surface area contributed by atoms with Crippen molar-refractivity contribution in [1.82, 2.24) is 0 Å². The van der Waals surface area contributed by atoms with Crippen molar-refractivity contribution in [2.24, 2.45) is 0 Å². The van der Waals surface area contributed by atoms with Gasteiger partial charge in [0.25, 0.3) is 0 Å². The molecule has 0 amide bonds. The Kier molecular flexibility index (Phi) is 11.4. The van der Waals surface area contributed by atoms with E-state index in [0.29, 0.717) is 6.42 Å². The fourth-order valence-corrected chi connectivity index (χ4v) is 0.453. The summed E-state index contributed by atoms with van der Waals surface area (Å²) in [5, 5.41) is 8.21. The summed E-state index contributed by atoms with van der Waals surface area (Å²) in [4.78, 5) is 10.3. The van der Waals surface area contributed by atoms with Gasteiger partial charge in [0.1, 0.15) is 6.61 Å². The standard InChI is InChI=1S/C6H12O2.Sb.3H/c1-2-3-4-6(8)5-7;;;;/h7H,2-5H2,1H3;;;;. The third kappa shape index (κ3) is 8.45. The Morgan fingerprint density at radius 3 is 2.44 bits per heavy atom. The Balaban J connectivity index is 0. The average Bonchev–Trinajstić information content (AvgIpc) is 1.83. The molecular formula is C6H15O2Sb. The number of hydrogen-bond donors (Lipinski definition) is 1. The van der Waals surface area contributed by atoms with E-state index in [0.717, 1.165) is 12.8 Å². The summed E-state index contributed by atoms with van der Waals surface area (Å²) in [6.07, 6.45) is 2.46. The molecule has 0 aliphatic rings. The first-order chi connectivity index (χ1) is 3.81. The van der Waals surface area contributed by atoms with Gasteiger partial charge in [-0.25, -0.2) is 0 Å². The summed E-state index contributed by atoms with van der Waals surface area (Å²) in [7, 11) is 0. The zero-order valence-electron chi connectivity index (χ0n) is 5.89. The Hall–Kier alpha value is 0.448. The Morgan fingerprint density at radius 2 is 2.11 bits per heavy atom. The molecule has 3 heteroatoms. The van der Waals surface area contributed by atoms with Crippen molar-refractivity contribution in [2.75, 3.05) is 6.61 Å². The molecule has 0 unspecified atom stereocenters. The van der Waals surface area contributed by atoms with Gasteiger partial charge in [0, 0.05) is 6.42 Å². The van der Waals surface area contributed by atoms with Crippen molar-refractivity contribution in [3.8, 4) is 0 Å². The summed E-state index contributed by atoms with van der Waals surface area (Å²) >= 11 is 0. The van der Waals surface area contributed by atoms with Gasteiger partial charge in [-0.05, 0) is 6.42 Å². The van der Waals surface area contributed by atoms with Gasteiger partial charge in [0.05, 0.1) is 0 Å². The van der Waals surface area contributed by atoms with E-state index in [4.69, 9.17) is 5.11 Å². The van der Waals surface area contributed by atoms with Crippen LogP contribution in [0.25, 0.3) is 0 Å². The number of rotatable bonds is 4. The SMILES string of the molecule is CCCCC(=O)CO.[SbH3]. The van der Waals surface area contributed by atoms with Crippen molar-refractivity contribution in [3.63, 3.8) is 0 Å². The van der Waals surface area contributed by atoms with E-state index in [1.165, 1.54) is 0 Å². The van der Waals surface area contributed by atoms with E-state index < -0.39 is 0 Å². The van der Waals surface area contributed by atoms with Crippen LogP contribution in [0.1, 0.15) is 26.2 Å². The van der Waals surface area contributed by atoms with Crippen molar-refractivity contribution >= 4 is 30.2 Å². The number of aliphatic hydroxyl groups excluding tert-OH is 1. The van der Waals surface area contributed by atoms with E-state index in [9.17, 15) is 4.79 Å². The number of hydrogen-bond acceptors (Lipinski definition) is 2. The van der Waals surface area contributed by atoms with E-state index in [1.54, 1.807) is 0 Å². The molecule has 1 N–H and O–H groups in total. The van der Waals surface area contributed by atoms with Gasteiger partial charge in [-0.15, -0.1) is 0 Å². The second kappa shape index (κ2) is 8.45. The molecule has 0 atom stereocenters. The molecule has 0 rings (SSSR count). The van der Waals surface area contributed by atoms with E-state index in [2.05, 4.69) is 0 Å². The Morgan fingerprint density at radius 1 is 1.56 bits per heavy atom. The third-order valence-corrected chi connectivity index (χ3v) is 0.986. The number of Topliss-reactive ketones (excluding diaryl/α,β-unsaturated/α-hetero) is 1. The van der Waals surface area contributed by atoms with Crippen molar-refractivity contribution in [2.45, 2.75) is 26.2 Å². The van der Waals surface area contributed by atoms with Gasteiger partial charge in [-0.3, -0.25) is 4.79 Å². The van der Waals surface area contributed by atoms with Gasteiger partial charge >= 0.3 is 24.4 Å². The Bertz CT molecular complexity index is 73.5. The molecular weight excluding hydrogens is 226 g/mol. The average molecular weight is 241 g/mol. The van der Waals surface area contributed by atoms with Crippen LogP contribution in [0.15, 0.2) is 0 Å². The maximum absolute atomic E-state index is 10.3. The van der Waals surface area contributed by atoms with Crippen LogP contribution in [0.5, 0.6) is 0 Å².